The first kappa shape index (κ1) is 17.8. The number of fused-ring (bicyclic) bond motifs is 2. The van der Waals surface area contributed by atoms with E-state index in [0.29, 0.717) is 52.9 Å². The highest BCUT2D eigenvalue weighted by Crippen LogP contribution is 2.43. The molecule has 148 valence electrons. The van der Waals surface area contributed by atoms with E-state index in [0.717, 1.165) is 18.1 Å². The van der Waals surface area contributed by atoms with Crippen LogP contribution in [0.25, 0.3) is 33.5 Å². The Morgan fingerprint density at radius 3 is 2.76 bits per heavy atom. The Balaban J connectivity index is 1.81. The molecule has 0 saturated heterocycles. The van der Waals surface area contributed by atoms with Crippen molar-refractivity contribution in [1.29, 1.82) is 0 Å². The van der Waals surface area contributed by atoms with Crippen molar-refractivity contribution in [3.8, 4) is 22.5 Å². The van der Waals surface area contributed by atoms with E-state index in [1.807, 2.05) is 6.92 Å². The van der Waals surface area contributed by atoms with Crippen LogP contribution >= 0.6 is 0 Å². The fourth-order valence-corrected chi connectivity index (χ4v) is 3.94. The number of hydrogen-bond donors (Lipinski definition) is 1. The summed E-state index contributed by atoms with van der Waals surface area (Å²) in [6.45, 7) is 1.77. The molecule has 0 saturated carbocycles. The lowest BCUT2D eigenvalue weighted by Crippen LogP contribution is -2.32. The minimum absolute atomic E-state index is 0.315. The smallest absolute Gasteiger partial charge is 0.155 e. The summed E-state index contributed by atoms with van der Waals surface area (Å²) >= 11 is 0. The number of aromatic amines is 1. The molecule has 6 nitrogen and oxygen atoms in total. The Kier molecular flexibility index (Phi) is 3.94. The Labute approximate surface area is 163 Å². The maximum atomic E-state index is 15.0. The molecular weight excluding hydrogens is 381 g/mol. The average Bonchev–Trinajstić information content (AvgIpc) is 3.33. The molecule has 0 spiro atoms. The third kappa shape index (κ3) is 2.80. The summed E-state index contributed by atoms with van der Waals surface area (Å²) in [7, 11) is 0. The first-order valence-electron chi connectivity index (χ1n) is 9.25. The second-order valence-corrected chi connectivity index (χ2v) is 7.75. The molecule has 4 aromatic rings. The van der Waals surface area contributed by atoms with Crippen molar-refractivity contribution in [3.63, 3.8) is 0 Å². The van der Waals surface area contributed by atoms with Crippen LogP contribution in [0.4, 0.5) is 13.2 Å². The van der Waals surface area contributed by atoms with Gasteiger partial charge in [0.25, 0.3) is 0 Å². The van der Waals surface area contributed by atoms with Gasteiger partial charge in [0.2, 0.25) is 0 Å². The minimum Gasteiger partial charge on any atom is -0.268 e. The number of nitrogens with zero attached hydrogens (tertiary/aromatic N) is 5. The van der Waals surface area contributed by atoms with E-state index in [1.165, 1.54) is 18.3 Å². The first-order chi connectivity index (χ1) is 14.0. The van der Waals surface area contributed by atoms with Gasteiger partial charge in [0.1, 0.15) is 17.3 Å². The predicted octanol–water partition coefficient (Wildman–Crippen LogP) is 4.08. The molecule has 0 bridgehead atoms. The van der Waals surface area contributed by atoms with Gasteiger partial charge in [-0.05, 0) is 25.0 Å². The van der Waals surface area contributed by atoms with E-state index >= 15 is 4.39 Å². The third-order valence-electron chi connectivity index (χ3n) is 5.53. The van der Waals surface area contributed by atoms with Gasteiger partial charge in [-0.1, -0.05) is 6.92 Å². The highest BCUT2D eigenvalue weighted by Gasteiger charge is 2.35. The lowest BCUT2D eigenvalue weighted by Gasteiger charge is -2.31. The summed E-state index contributed by atoms with van der Waals surface area (Å²) in [5.74, 6) is -0.992. The third-order valence-corrected chi connectivity index (χ3v) is 5.53. The summed E-state index contributed by atoms with van der Waals surface area (Å²) in [5.41, 5.74) is 2.43. The summed E-state index contributed by atoms with van der Waals surface area (Å²) in [6, 6.07) is 2.79. The zero-order valence-electron chi connectivity index (χ0n) is 15.6. The van der Waals surface area contributed by atoms with Crippen LogP contribution in [0.1, 0.15) is 19.0 Å². The van der Waals surface area contributed by atoms with Crippen LogP contribution < -0.4 is 0 Å². The fourth-order valence-electron chi connectivity index (χ4n) is 3.94. The van der Waals surface area contributed by atoms with Crippen molar-refractivity contribution >= 4 is 11.0 Å². The van der Waals surface area contributed by atoms with Gasteiger partial charge in [0.15, 0.2) is 5.65 Å². The molecule has 0 unspecified atom stereocenters. The number of pyridine rings is 2. The standard InChI is InChI=1S/C20H17F3N6/c1-20(9-21)5-4-15-17(16-12-7-26-27-19(12)25-8-13(16)23)18(28-29(15)10-20)14-3-2-11(22)6-24-14/h2-3,6-8H,4-5,9-10H2,1H3,(H,25,26,27)/t20-/m0/s1. The van der Waals surface area contributed by atoms with E-state index in [9.17, 15) is 8.78 Å². The lowest BCUT2D eigenvalue weighted by molar-refractivity contribution is 0.155. The van der Waals surface area contributed by atoms with Crippen LogP contribution in [0.5, 0.6) is 0 Å². The zero-order chi connectivity index (χ0) is 20.2. The average molecular weight is 398 g/mol. The monoisotopic (exact) mass is 398 g/mol. The summed E-state index contributed by atoms with van der Waals surface area (Å²) < 4.78 is 43.8. The van der Waals surface area contributed by atoms with E-state index in [4.69, 9.17) is 0 Å². The summed E-state index contributed by atoms with van der Waals surface area (Å²) in [4.78, 5) is 8.18. The largest absolute Gasteiger partial charge is 0.268 e. The van der Waals surface area contributed by atoms with Gasteiger partial charge >= 0.3 is 0 Å². The molecule has 0 aliphatic carbocycles. The quantitative estimate of drug-likeness (QED) is 0.564. The molecule has 1 aliphatic heterocycles. The Bertz CT molecular complexity index is 1210. The zero-order valence-corrected chi connectivity index (χ0v) is 15.6. The molecule has 9 heteroatoms. The molecule has 1 aliphatic rings. The number of halogens is 3. The molecule has 0 radical (unpaired) electrons. The number of hydrogen-bond acceptors (Lipinski definition) is 4. The van der Waals surface area contributed by atoms with Crippen molar-refractivity contribution in [2.75, 3.05) is 6.67 Å². The van der Waals surface area contributed by atoms with Crippen LogP contribution in [0.15, 0.2) is 30.7 Å². The predicted molar refractivity (Wildman–Crippen MR) is 101 cm³/mol. The van der Waals surface area contributed by atoms with Crippen molar-refractivity contribution < 1.29 is 13.2 Å². The molecule has 1 atom stereocenters. The number of alkyl halides is 1. The van der Waals surface area contributed by atoms with E-state index in [1.54, 1.807) is 4.68 Å². The number of rotatable bonds is 3. The maximum Gasteiger partial charge on any atom is 0.155 e. The van der Waals surface area contributed by atoms with Crippen LogP contribution in [-0.2, 0) is 13.0 Å². The topological polar surface area (TPSA) is 72.3 Å². The van der Waals surface area contributed by atoms with E-state index in [2.05, 4.69) is 25.3 Å². The van der Waals surface area contributed by atoms with E-state index < -0.39 is 23.7 Å². The molecule has 4 aromatic heterocycles. The van der Waals surface area contributed by atoms with Crippen molar-refractivity contribution in [2.45, 2.75) is 26.3 Å². The van der Waals surface area contributed by atoms with Gasteiger partial charge in [-0.3, -0.25) is 19.2 Å². The minimum atomic E-state index is -0.536. The van der Waals surface area contributed by atoms with Gasteiger partial charge in [-0.25, -0.2) is 13.8 Å². The lowest BCUT2D eigenvalue weighted by atomic mass is 9.82. The van der Waals surface area contributed by atoms with Crippen LogP contribution in [0.3, 0.4) is 0 Å². The van der Waals surface area contributed by atoms with Gasteiger partial charge < -0.3 is 0 Å². The van der Waals surface area contributed by atoms with Gasteiger partial charge in [-0.2, -0.15) is 10.2 Å². The highest BCUT2D eigenvalue weighted by atomic mass is 19.1. The Hall–Kier alpha value is -3.23. The van der Waals surface area contributed by atoms with Gasteiger partial charge in [0, 0.05) is 34.2 Å². The number of aromatic nitrogens is 6. The van der Waals surface area contributed by atoms with Crippen molar-refractivity contribution in [2.24, 2.45) is 5.41 Å². The first-order valence-corrected chi connectivity index (χ1v) is 9.25. The molecule has 29 heavy (non-hydrogen) atoms. The number of nitrogens with one attached hydrogen (secondary N) is 1. The fraction of sp³-hybridized carbons (Fsp3) is 0.300. The second-order valence-electron chi connectivity index (χ2n) is 7.75. The maximum absolute atomic E-state index is 15.0. The Morgan fingerprint density at radius 1 is 1.14 bits per heavy atom. The molecule has 1 N–H and O–H groups in total. The van der Waals surface area contributed by atoms with Gasteiger partial charge in [0.05, 0.1) is 31.0 Å². The molecule has 5 rings (SSSR count). The molecule has 5 heterocycles. The summed E-state index contributed by atoms with van der Waals surface area (Å²) in [5, 5.41) is 11.9. The molecular formula is C20H17F3N6. The van der Waals surface area contributed by atoms with Crippen molar-refractivity contribution in [3.05, 3.63) is 48.1 Å². The van der Waals surface area contributed by atoms with E-state index in [-0.39, 0.29) is 0 Å². The van der Waals surface area contributed by atoms with Crippen LogP contribution in [0.2, 0.25) is 0 Å². The van der Waals surface area contributed by atoms with Crippen molar-refractivity contribution in [1.82, 2.24) is 29.9 Å². The molecule has 0 fully saturated rings. The second kappa shape index (κ2) is 6.40. The van der Waals surface area contributed by atoms with Gasteiger partial charge in [-0.15, -0.1) is 0 Å². The summed E-state index contributed by atoms with van der Waals surface area (Å²) in [6.07, 6.45) is 4.89. The normalized spacial score (nSPS) is 18.9. The molecule has 0 amide bonds. The highest BCUT2D eigenvalue weighted by molar-refractivity contribution is 5.97. The van der Waals surface area contributed by atoms with Crippen LogP contribution in [0, 0.1) is 17.0 Å². The van der Waals surface area contributed by atoms with Crippen LogP contribution in [-0.4, -0.2) is 36.6 Å². The SMILES string of the molecule is C[C@@]1(CF)CCc2c(-c3c(F)cnc4[nH]ncc34)c(-c3ccc(F)cn3)nn2C1. The Morgan fingerprint density at radius 2 is 2.00 bits per heavy atom. The molecule has 0 aromatic carbocycles. The number of H-pyrrole nitrogens is 1.